The van der Waals surface area contributed by atoms with Gasteiger partial charge in [-0.3, -0.25) is 5.43 Å². The van der Waals surface area contributed by atoms with Crippen molar-refractivity contribution in [2.45, 2.75) is 6.10 Å². The number of rotatable bonds is 4. The number of ether oxygens (including phenoxy) is 1. The standard InChI is InChI=1S/C11H16N8O2/c12-17-9-14-10(18-4-5-21-8(6-18)7-20)16-11(15-9)19-3-1-2-13-19/h1-3,8,20H,4-7,12H2,(H,14,15,16,17). The number of nitrogen functional groups attached to an aromatic ring is 1. The molecule has 1 aliphatic rings. The molecule has 3 heterocycles. The van der Waals surface area contributed by atoms with Gasteiger partial charge in [-0.05, 0) is 6.07 Å². The van der Waals surface area contributed by atoms with Crippen LogP contribution in [0.15, 0.2) is 18.5 Å². The van der Waals surface area contributed by atoms with Crippen LogP contribution in [0.25, 0.3) is 5.95 Å². The largest absolute Gasteiger partial charge is 0.394 e. The summed E-state index contributed by atoms with van der Waals surface area (Å²) in [6.45, 7) is 1.58. The van der Waals surface area contributed by atoms with Crippen molar-refractivity contribution in [1.29, 1.82) is 0 Å². The molecule has 10 heteroatoms. The van der Waals surface area contributed by atoms with Crippen LogP contribution in [0.4, 0.5) is 11.9 Å². The van der Waals surface area contributed by atoms with Gasteiger partial charge >= 0.3 is 0 Å². The number of hydrogen-bond acceptors (Lipinski definition) is 9. The van der Waals surface area contributed by atoms with E-state index >= 15 is 0 Å². The zero-order valence-corrected chi connectivity index (χ0v) is 11.3. The van der Waals surface area contributed by atoms with E-state index in [4.69, 9.17) is 10.6 Å². The lowest BCUT2D eigenvalue weighted by molar-refractivity contribution is 0.00313. The smallest absolute Gasteiger partial charge is 0.257 e. The Kier molecular flexibility index (Phi) is 3.90. The van der Waals surface area contributed by atoms with Crippen molar-refractivity contribution < 1.29 is 9.84 Å². The molecule has 1 fully saturated rings. The monoisotopic (exact) mass is 292 g/mol. The Morgan fingerprint density at radius 1 is 1.38 bits per heavy atom. The third kappa shape index (κ3) is 2.91. The second-order valence-electron chi connectivity index (χ2n) is 4.48. The molecule has 3 rings (SSSR count). The average molecular weight is 292 g/mol. The quantitative estimate of drug-likeness (QED) is 0.457. The number of nitrogens with two attached hydrogens (primary N) is 1. The summed E-state index contributed by atoms with van der Waals surface area (Å²) in [4.78, 5) is 14.7. The molecule has 21 heavy (non-hydrogen) atoms. The van der Waals surface area contributed by atoms with Crippen molar-refractivity contribution >= 4 is 11.9 Å². The fraction of sp³-hybridized carbons (Fsp3) is 0.455. The van der Waals surface area contributed by atoms with Gasteiger partial charge in [-0.1, -0.05) is 0 Å². The molecule has 1 atom stereocenters. The fourth-order valence-corrected chi connectivity index (χ4v) is 2.06. The van der Waals surface area contributed by atoms with E-state index in [1.54, 1.807) is 18.5 Å². The van der Waals surface area contributed by atoms with Crippen molar-refractivity contribution in [3.8, 4) is 5.95 Å². The minimum absolute atomic E-state index is 0.0460. The molecular formula is C11H16N8O2. The Labute approximate surface area is 120 Å². The second kappa shape index (κ2) is 5.99. The number of aliphatic hydroxyl groups excluding tert-OH is 1. The van der Waals surface area contributed by atoms with Crippen molar-refractivity contribution in [1.82, 2.24) is 24.7 Å². The molecule has 0 amide bonds. The van der Waals surface area contributed by atoms with Gasteiger partial charge < -0.3 is 14.7 Å². The normalized spacial score (nSPS) is 18.8. The Bertz CT molecular complexity index is 590. The molecule has 0 aliphatic carbocycles. The van der Waals surface area contributed by atoms with Gasteiger partial charge in [0, 0.05) is 25.5 Å². The molecule has 0 bridgehead atoms. The summed E-state index contributed by atoms with van der Waals surface area (Å²) < 4.78 is 6.94. The highest BCUT2D eigenvalue weighted by Gasteiger charge is 2.23. The first-order valence-electron chi connectivity index (χ1n) is 6.50. The average Bonchev–Trinajstić information content (AvgIpc) is 3.09. The predicted molar refractivity (Wildman–Crippen MR) is 73.8 cm³/mol. The van der Waals surface area contributed by atoms with Gasteiger partial charge in [-0.15, -0.1) is 0 Å². The van der Waals surface area contributed by atoms with Crippen LogP contribution in [0.2, 0.25) is 0 Å². The number of nitrogens with zero attached hydrogens (tertiary/aromatic N) is 6. The van der Waals surface area contributed by atoms with E-state index in [0.717, 1.165) is 0 Å². The molecule has 1 aliphatic heterocycles. The van der Waals surface area contributed by atoms with E-state index in [2.05, 4.69) is 25.5 Å². The predicted octanol–water partition coefficient (Wildman–Crippen LogP) is -1.46. The van der Waals surface area contributed by atoms with Crippen molar-refractivity contribution in [2.24, 2.45) is 5.84 Å². The molecule has 4 N–H and O–H groups in total. The molecule has 0 saturated carbocycles. The van der Waals surface area contributed by atoms with Crippen molar-refractivity contribution in [3.63, 3.8) is 0 Å². The summed E-state index contributed by atoms with van der Waals surface area (Å²) in [6, 6.07) is 1.77. The SMILES string of the molecule is NNc1nc(N2CCOC(CO)C2)nc(-n2cccn2)n1. The van der Waals surface area contributed by atoms with Gasteiger partial charge in [0.25, 0.3) is 5.95 Å². The maximum atomic E-state index is 9.21. The van der Waals surface area contributed by atoms with E-state index in [1.165, 1.54) is 4.68 Å². The topological polar surface area (TPSA) is 127 Å². The molecule has 112 valence electrons. The van der Waals surface area contributed by atoms with E-state index in [1.807, 2.05) is 4.90 Å². The maximum Gasteiger partial charge on any atom is 0.257 e. The number of morpholine rings is 1. The van der Waals surface area contributed by atoms with Gasteiger partial charge in [-0.2, -0.15) is 20.1 Å². The lowest BCUT2D eigenvalue weighted by Gasteiger charge is -2.32. The summed E-state index contributed by atoms with van der Waals surface area (Å²) >= 11 is 0. The Morgan fingerprint density at radius 3 is 2.95 bits per heavy atom. The highest BCUT2D eigenvalue weighted by atomic mass is 16.5. The van der Waals surface area contributed by atoms with E-state index < -0.39 is 0 Å². The van der Waals surface area contributed by atoms with E-state index in [0.29, 0.717) is 31.6 Å². The fourth-order valence-electron chi connectivity index (χ4n) is 2.06. The minimum Gasteiger partial charge on any atom is -0.394 e. The van der Waals surface area contributed by atoms with Crippen LogP contribution in [0.3, 0.4) is 0 Å². The third-order valence-electron chi connectivity index (χ3n) is 3.08. The molecule has 1 saturated heterocycles. The van der Waals surface area contributed by atoms with E-state index in [9.17, 15) is 5.11 Å². The van der Waals surface area contributed by atoms with Crippen molar-refractivity contribution in [2.75, 3.05) is 36.6 Å². The molecule has 2 aromatic heterocycles. The maximum absolute atomic E-state index is 9.21. The first kappa shape index (κ1) is 13.7. The summed E-state index contributed by atoms with van der Waals surface area (Å²) in [5.41, 5.74) is 2.42. The third-order valence-corrected chi connectivity index (χ3v) is 3.08. The van der Waals surface area contributed by atoms with Gasteiger partial charge in [0.1, 0.15) is 0 Å². The number of aliphatic hydroxyl groups is 1. The first-order valence-corrected chi connectivity index (χ1v) is 6.50. The summed E-state index contributed by atoms with van der Waals surface area (Å²) in [5.74, 6) is 6.48. The van der Waals surface area contributed by atoms with Crippen LogP contribution in [0.5, 0.6) is 0 Å². The number of aromatic nitrogens is 5. The molecule has 0 aromatic carbocycles. The lowest BCUT2D eigenvalue weighted by atomic mass is 10.3. The summed E-state index contributed by atoms with van der Waals surface area (Å²) in [5, 5.41) is 13.3. The van der Waals surface area contributed by atoms with Gasteiger partial charge in [-0.25, -0.2) is 10.5 Å². The summed E-state index contributed by atoms with van der Waals surface area (Å²) in [7, 11) is 0. The molecular weight excluding hydrogens is 276 g/mol. The molecule has 0 spiro atoms. The van der Waals surface area contributed by atoms with Crippen LogP contribution in [0.1, 0.15) is 0 Å². The van der Waals surface area contributed by atoms with E-state index in [-0.39, 0.29) is 18.7 Å². The number of nitrogens with one attached hydrogen (secondary N) is 1. The van der Waals surface area contributed by atoms with Crippen molar-refractivity contribution in [3.05, 3.63) is 18.5 Å². The second-order valence-corrected chi connectivity index (χ2v) is 4.48. The lowest BCUT2D eigenvalue weighted by Crippen LogP contribution is -2.45. The minimum atomic E-state index is -0.252. The molecule has 1 unspecified atom stereocenters. The Hall–Kier alpha value is -2.30. The zero-order valence-electron chi connectivity index (χ0n) is 11.3. The van der Waals surface area contributed by atoms with Crippen LogP contribution >= 0.6 is 0 Å². The summed E-state index contributed by atoms with van der Waals surface area (Å²) in [6.07, 6.45) is 3.11. The zero-order chi connectivity index (χ0) is 14.7. The first-order chi connectivity index (χ1) is 10.3. The van der Waals surface area contributed by atoms with Gasteiger partial charge in [0.2, 0.25) is 11.9 Å². The highest BCUT2D eigenvalue weighted by molar-refractivity contribution is 5.39. The van der Waals surface area contributed by atoms with Crippen LogP contribution in [-0.2, 0) is 4.74 Å². The molecule has 0 radical (unpaired) electrons. The van der Waals surface area contributed by atoms with Crippen LogP contribution in [0, 0.1) is 0 Å². The number of hydrogen-bond donors (Lipinski definition) is 3. The Morgan fingerprint density at radius 2 is 2.24 bits per heavy atom. The number of hydrazine groups is 1. The highest BCUT2D eigenvalue weighted by Crippen LogP contribution is 2.16. The van der Waals surface area contributed by atoms with Gasteiger partial charge in [0.05, 0.1) is 19.3 Å². The molecule has 10 nitrogen and oxygen atoms in total. The molecule has 2 aromatic rings. The Balaban J connectivity index is 1.92. The number of anilines is 2. The van der Waals surface area contributed by atoms with Crippen LogP contribution in [-0.4, -0.2) is 62.2 Å². The van der Waals surface area contributed by atoms with Gasteiger partial charge in [0.15, 0.2) is 0 Å². The van der Waals surface area contributed by atoms with Crippen LogP contribution < -0.4 is 16.2 Å².